The fraction of sp³-hybridized carbons (Fsp3) is 0.571. The highest BCUT2D eigenvalue weighted by Gasteiger charge is 2.31. The van der Waals surface area contributed by atoms with Crippen LogP contribution in [0.1, 0.15) is 25.3 Å². The number of likely N-dealkylation sites (tertiary alicyclic amines) is 1. The number of sulfonamides is 1. The minimum Gasteiger partial charge on any atom is -0.303 e. The third kappa shape index (κ3) is 5.34. The first kappa shape index (κ1) is 20.2. The van der Waals surface area contributed by atoms with Crippen LogP contribution in [-0.4, -0.2) is 39.0 Å². The number of alkyl halides is 3. The first-order chi connectivity index (χ1) is 10.2. The van der Waals surface area contributed by atoms with E-state index >= 15 is 0 Å². The lowest BCUT2D eigenvalue weighted by Crippen LogP contribution is -2.44. The Labute approximate surface area is 140 Å². The number of halogens is 4. The highest BCUT2D eigenvalue weighted by molar-refractivity contribution is 7.89. The summed E-state index contributed by atoms with van der Waals surface area (Å²) in [4.78, 5) is 2.08. The third-order valence-electron chi connectivity index (χ3n) is 3.85. The summed E-state index contributed by atoms with van der Waals surface area (Å²) in [6.07, 6.45) is -3.07. The van der Waals surface area contributed by atoms with E-state index in [4.69, 9.17) is 0 Å². The Morgan fingerprint density at radius 2 is 1.70 bits per heavy atom. The molecule has 0 aliphatic carbocycles. The van der Waals surface area contributed by atoms with Crippen LogP contribution in [-0.2, 0) is 16.2 Å². The van der Waals surface area contributed by atoms with Gasteiger partial charge in [-0.25, -0.2) is 13.1 Å². The number of hydrogen-bond acceptors (Lipinski definition) is 3. The molecule has 0 spiro atoms. The molecule has 9 heteroatoms. The Morgan fingerprint density at radius 1 is 1.17 bits per heavy atom. The van der Waals surface area contributed by atoms with Crippen LogP contribution < -0.4 is 4.72 Å². The summed E-state index contributed by atoms with van der Waals surface area (Å²) in [5.41, 5.74) is -0.859. The van der Waals surface area contributed by atoms with Crippen molar-refractivity contribution in [1.82, 2.24) is 9.62 Å². The molecule has 1 aliphatic rings. The van der Waals surface area contributed by atoms with Crippen molar-refractivity contribution in [3.63, 3.8) is 0 Å². The van der Waals surface area contributed by atoms with Crippen LogP contribution in [0.2, 0.25) is 0 Å². The van der Waals surface area contributed by atoms with Crippen molar-refractivity contribution in [3.05, 3.63) is 29.8 Å². The molecular formula is C14H20ClF3N2O2S. The maximum atomic E-state index is 12.5. The summed E-state index contributed by atoms with van der Waals surface area (Å²) >= 11 is 0. The molecule has 1 aromatic carbocycles. The van der Waals surface area contributed by atoms with Gasteiger partial charge < -0.3 is 4.90 Å². The normalized spacial score (nSPS) is 17.7. The van der Waals surface area contributed by atoms with Gasteiger partial charge in [0.2, 0.25) is 10.0 Å². The maximum Gasteiger partial charge on any atom is 0.416 e. The predicted molar refractivity (Wildman–Crippen MR) is 84.1 cm³/mol. The lowest BCUT2D eigenvalue weighted by molar-refractivity contribution is -0.137. The second kappa shape index (κ2) is 7.83. The van der Waals surface area contributed by atoms with Gasteiger partial charge in [0.25, 0.3) is 0 Å². The molecule has 0 amide bonds. The lowest BCUT2D eigenvalue weighted by atomic mass is 10.1. The number of benzene rings is 1. The van der Waals surface area contributed by atoms with Crippen molar-refractivity contribution in [2.75, 3.05) is 19.6 Å². The topological polar surface area (TPSA) is 49.4 Å². The molecule has 1 N–H and O–H groups in total. The van der Waals surface area contributed by atoms with Crippen LogP contribution in [0.3, 0.4) is 0 Å². The fourth-order valence-corrected chi connectivity index (χ4v) is 3.78. The number of nitrogens with zero attached hydrogens (tertiary/aromatic N) is 1. The van der Waals surface area contributed by atoms with E-state index in [0.717, 1.165) is 43.9 Å². The van der Waals surface area contributed by atoms with Crippen LogP contribution >= 0.6 is 12.4 Å². The molecule has 1 heterocycles. The first-order valence-electron chi connectivity index (χ1n) is 7.14. The monoisotopic (exact) mass is 372 g/mol. The highest BCUT2D eigenvalue weighted by atomic mass is 35.5. The van der Waals surface area contributed by atoms with E-state index in [1.54, 1.807) is 0 Å². The molecule has 132 valence electrons. The molecule has 4 nitrogen and oxygen atoms in total. The largest absolute Gasteiger partial charge is 0.416 e. The van der Waals surface area contributed by atoms with Gasteiger partial charge in [-0.05, 0) is 56.7 Å². The molecular weight excluding hydrogens is 353 g/mol. The van der Waals surface area contributed by atoms with Gasteiger partial charge in [0.15, 0.2) is 0 Å². The van der Waals surface area contributed by atoms with Crippen molar-refractivity contribution in [2.24, 2.45) is 0 Å². The van der Waals surface area contributed by atoms with Gasteiger partial charge in [-0.15, -0.1) is 12.4 Å². The van der Waals surface area contributed by atoms with Crippen LogP contribution in [0, 0.1) is 0 Å². The number of rotatable bonds is 4. The van der Waals surface area contributed by atoms with E-state index in [0.29, 0.717) is 12.8 Å². The van der Waals surface area contributed by atoms with Crippen molar-refractivity contribution >= 4 is 22.4 Å². The predicted octanol–water partition coefficient (Wildman–Crippen LogP) is 2.89. The minimum atomic E-state index is -4.47. The second-order valence-corrected chi connectivity index (χ2v) is 7.07. The molecule has 0 radical (unpaired) electrons. The van der Waals surface area contributed by atoms with Crippen molar-refractivity contribution < 1.29 is 21.6 Å². The lowest BCUT2D eigenvalue weighted by Gasteiger charge is -2.31. The molecule has 0 aromatic heterocycles. The average Bonchev–Trinajstić information content (AvgIpc) is 2.47. The van der Waals surface area contributed by atoms with E-state index in [2.05, 4.69) is 9.62 Å². The van der Waals surface area contributed by atoms with Gasteiger partial charge in [-0.1, -0.05) is 6.92 Å². The Morgan fingerprint density at radius 3 is 2.13 bits per heavy atom. The molecule has 0 unspecified atom stereocenters. The zero-order chi connectivity index (χ0) is 16.4. The van der Waals surface area contributed by atoms with Gasteiger partial charge in [-0.3, -0.25) is 0 Å². The standard InChI is InChI=1S/C14H19F3N2O2S.ClH/c1-2-19-9-7-12(8-10-19)18-22(20,21)13-5-3-11(4-6-13)14(15,16)17;/h3-6,12,18H,2,7-10H2,1H3;1H. The Hall–Kier alpha value is -0.830. The van der Waals surface area contributed by atoms with Crippen molar-refractivity contribution in [3.8, 4) is 0 Å². The molecule has 0 atom stereocenters. The van der Waals surface area contributed by atoms with Gasteiger partial charge in [0.1, 0.15) is 0 Å². The highest BCUT2D eigenvalue weighted by Crippen LogP contribution is 2.29. The maximum absolute atomic E-state index is 12.5. The van der Waals surface area contributed by atoms with E-state index in [-0.39, 0.29) is 23.3 Å². The summed E-state index contributed by atoms with van der Waals surface area (Å²) in [6, 6.07) is 3.39. The van der Waals surface area contributed by atoms with Gasteiger partial charge in [-0.2, -0.15) is 13.2 Å². The Balaban J connectivity index is 0.00000264. The molecule has 1 fully saturated rings. The van der Waals surface area contributed by atoms with Crippen LogP contribution in [0.25, 0.3) is 0 Å². The summed E-state index contributed by atoms with van der Waals surface area (Å²) in [7, 11) is -3.78. The Bertz CT molecular complexity index is 597. The molecule has 2 rings (SSSR count). The molecule has 1 aliphatic heterocycles. The smallest absolute Gasteiger partial charge is 0.303 e. The zero-order valence-corrected chi connectivity index (χ0v) is 14.3. The van der Waals surface area contributed by atoms with Gasteiger partial charge in [0, 0.05) is 6.04 Å². The summed E-state index contributed by atoms with van der Waals surface area (Å²) in [5.74, 6) is 0. The summed E-state index contributed by atoms with van der Waals surface area (Å²) < 4.78 is 64.5. The van der Waals surface area contributed by atoms with Crippen molar-refractivity contribution in [2.45, 2.75) is 36.9 Å². The molecule has 23 heavy (non-hydrogen) atoms. The SMILES string of the molecule is CCN1CCC(NS(=O)(=O)c2ccc(C(F)(F)F)cc2)CC1.Cl. The van der Waals surface area contributed by atoms with Crippen molar-refractivity contribution in [1.29, 1.82) is 0 Å². The second-order valence-electron chi connectivity index (χ2n) is 5.35. The number of piperidine rings is 1. The quantitative estimate of drug-likeness (QED) is 0.884. The molecule has 1 saturated heterocycles. The van der Waals surface area contributed by atoms with E-state index in [1.165, 1.54) is 0 Å². The molecule has 1 aromatic rings. The minimum absolute atomic E-state index is 0. The third-order valence-corrected chi connectivity index (χ3v) is 5.38. The van der Waals surface area contributed by atoms with E-state index < -0.39 is 21.8 Å². The number of hydrogen-bond donors (Lipinski definition) is 1. The Kier molecular flexibility index (Phi) is 6.88. The summed E-state index contributed by atoms with van der Waals surface area (Å²) in [5, 5.41) is 0. The fourth-order valence-electron chi connectivity index (χ4n) is 2.48. The average molecular weight is 373 g/mol. The van der Waals surface area contributed by atoms with E-state index in [9.17, 15) is 21.6 Å². The summed E-state index contributed by atoms with van der Waals surface area (Å²) in [6.45, 7) is 4.61. The molecule has 0 saturated carbocycles. The first-order valence-corrected chi connectivity index (χ1v) is 8.62. The van der Waals surface area contributed by atoms with Crippen LogP contribution in [0.5, 0.6) is 0 Å². The number of nitrogens with one attached hydrogen (secondary N) is 1. The zero-order valence-electron chi connectivity index (χ0n) is 12.6. The molecule has 0 bridgehead atoms. The van der Waals surface area contributed by atoms with Gasteiger partial charge in [0.05, 0.1) is 10.5 Å². The van der Waals surface area contributed by atoms with E-state index in [1.807, 2.05) is 6.92 Å². The van der Waals surface area contributed by atoms with Crippen LogP contribution in [0.4, 0.5) is 13.2 Å². The van der Waals surface area contributed by atoms with Crippen LogP contribution in [0.15, 0.2) is 29.2 Å². The van der Waals surface area contributed by atoms with Gasteiger partial charge >= 0.3 is 6.18 Å².